The lowest BCUT2D eigenvalue weighted by atomic mass is 9.99. The van der Waals surface area contributed by atoms with Gasteiger partial charge >= 0.3 is 5.97 Å². The molecule has 0 aromatic rings. The largest absolute Gasteiger partial charge is 0.480 e. The van der Waals surface area contributed by atoms with Gasteiger partial charge in [0.15, 0.2) is 0 Å². The summed E-state index contributed by atoms with van der Waals surface area (Å²) in [5, 5.41) is 11.7. The van der Waals surface area contributed by atoms with Gasteiger partial charge in [-0.05, 0) is 25.8 Å². The summed E-state index contributed by atoms with van der Waals surface area (Å²) >= 11 is 0. The molecule has 2 unspecified atom stereocenters. The predicted molar refractivity (Wildman–Crippen MR) is 58.4 cm³/mol. The van der Waals surface area contributed by atoms with Gasteiger partial charge < -0.3 is 10.4 Å². The Morgan fingerprint density at radius 1 is 1.43 bits per heavy atom. The van der Waals surface area contributed by atoms with Crippen molar-refractivity contribution in [2.24, 2.45) is 5.92 Å². The van der Waals surface area contributed by atoms with Gasteiger partial charge in [-0.1, -0.05) is 33.1 Å². The van der Waals surface area contributed by atoms with E-state index in [1.165, 1.54) is 19.3 Å². The lowest BCUT2D eigenvalue weighted by molar-refractivity contribution is -0.139. The highest BCUT2D eigenvalue weighted by Gasteiger charge is 2.12. The molecule has 0 amide bonds. The third-order valence-electron chi connectivity index (χ3n) is 2.63. The van der Waals surface area contributed by atoms with Crippen molar-refractivity contribution in [3.63, 3.8) is 0 Å². The van der Waals surface area contributed by atoms with Crippen LogP contribution in [0.2, 0.25) is 0 Å². The summed E-state index contributed by atoms with van der Waals surface area (Å²) in [4.78, 5) is 10.6. The second kappa shape index (κ2) is 7.80. The predicted octanol–water partition coefficient (Wildman–Crippen LogP) is 2.27. The molecular formula is C11H23NO2. The van der Waals surface area contributed by atoms with Gasteiger partial charge in [0, 0.05) is 0 Å². The third kappa shape index (κ3) is 5.97. The molecule has 0 bridgehead atoms. The molecule has 0 saturated heterocycles. The van der Waals surface area contributed by atoms with Crippen LogP contribution in [0.1, 0.15) is 46.5 Å². The highest BCUT2D eigenvalue weighted by atomic mass is 16.4. The number of carbonyl (C=O) groups is 1. The summed E-state index contributed by atoms with van der Waals surface area (Å²) in [5.74, 6) is -0.146. The Hall–Kier alpha value is -0.570. The van der Waals surface area contributed by atoms with Gasteiger partial charge in [0.05, 0.1) is 0 Å². The zero-order chi connectivity index (χ0) is 11.0. The van der Waals surface area contributed by atoms with E-state index in [-0.39, 0.29) is 0 Å². The van der Waals surface area contributed by atoms with E-state index >= 15 is 0 Å². The van der Waals surface area contributed by atoms with E-state index in [9.17, 15) is 4.79 Å². The summed E-state index contributed by atoms with van der Waals surface area (Å²) in [7, 11) is 0. The van der Waals surface area contributed by atoms with E-state index < -0.39 is 12.0 Å². The first kappa shape index (κ1) is 13.4. The monoisotopic (exact) mass is 201 g/mol. The van der Waals surface area contributed by atoms with E-state index in [4.69, 9.17) is 5.11 Å². The molecule has 0 heterocycles. The first-order valence-electron chi connectivity index (χ1n) is 5.57. The number of hydrogen-bond acceptors (Lipinski definition) is 2. The molecule has 2 N–H and O–H groups in total. The highest BCUT2D eigenvalue weighted by Crippen LogP contribution is 2.11. The fraction of sp³-hybridized carbons (Fsp3) is 0.909. The van der Waals surface area contributed by atoms with E-state index in [2.05, 4.69) is 19.2 Å². The molecule has 0 aromatic carbocycles. The summed E-state index contributed by atoms with van der Waals surface area (Å²) in [6.07, 6.45) is 4.78. The second-order valence-electron chi connectivity index (χ2n) is 3.88. The summed E-state index contributed by atoms with van der Waals surface area (Å²) in [6.45, 7) is 6.85. The van der Waals surface area contributed by atoms with Crippen LogP contribution < -0.4 is 5.32 Å². The van der Waals surface area contributed by atoms with E-state index in [1.54, 1.807) is 6.92 Å². The van der Waals surface area contributed by atoms with Gasteiger partial charge in [0.2, 0.25) is 0 Å². The molecule has 0 aromatic heterocycles. The van der Waals surface area contributed by atoms with Crippen molar-refractivity contribution in [2.45, 2.75) is 52.5 Å². The molecule has 0 aliphatic carbocycles. The summed E-state index contributed by atoms with van der Waals surface area (Å²) in [6, 6.07) is -0.425. The van der Waals surface area contributed by atoms with Crippen LogP contribution >= 0.6 is 0 Å². The van der Waals surface area contributed by atoms with Crippen molar-refractivity contribution in [3.8, 4) is 0 Å². The topological polar surface area (TPSA) is 49.3 Å². The maximum atomic E-state index is 10.6. The molecule has 0 fully saturated rings. The molecule has 0 spiro atoms. The van der Waals surface area contributed by atoms with Crippen molar-refractivity contribution < 1.29 is 9.90 Å². The van der Waals surface area contributed by atoms with E-state index in [0.29, 0.717) is 5.92 Å². The van der Waals surface area contributed by atoms with Gasteiger partial charge in [-0.2, -0.15) is 0 Å². The van der Waals surface area contributed by atoms with Gasteiger partial charge in [0.25, 0.3) is 0 Å². The number of nitrogens with one attached hydrogen (secondary N) is 1. The minimum absolute atomic E-state index is 0.425. The lowest BCUT2D eigenvalue weighted by Gasteiger charge is -2.17. The molecule has 3 nitrogen and oxygen atoms in total. The molecule has 0 saturated carbocycles. The van der Waals surface area contributed by atoms with Crippen LogP contribution in [0.4, 0.5) is 0 Å². The molecule has 2 atom stereocenters. The molecule has 3 heteroatoms. The Morgan fingerprint density at radius 3 is 2.50 bits per heavy atom. The van der Waals surface area contributed by atoms with Crippen LogP contribution in [-0.4, -0.2) is 23.7 Å². The molecule has 84 valence electrons. The fourth-order valence-corrected chi connectivity index (χ4v) is 1.37. The van der Waals surface area contributed by atoms with Crippen LogP contribution in [0.15, 0.2) is 0 Å². The Kier molecular flexibility index (Phi) is 7.48. The number of unbranched alkanes of at least 4 members (excludes halogenated alkanes) is 1. The summed E-state index contributed by atoms with van der Waals surface area (Å²) < 4.78 is 0. The van der Waals surface area contributed by atoms with Crippen LogP contribution in [-0.2, 0) is 4.79 Å². The molecule has 0 rings (SSSR count). The Labute approximate surface area is 86.9 Å². The molecule has 0 aliphatic rings. The average molecular weight is 201 g/mol. The van der Waals surface area contributed by atoms with E-state index in [1.807, 2.05) is 0 Å². The first-order valence-corrected chi connectivity index (χ1v) is 5.57. The minimum Gasteiger partial charge on any atom is -0.480 e. The maximum absolute atomic E-state index is 10.6. The number of hydrogen-bond donors (Lipinski definition) is 2. The molecule has 14 heavy (non-hydrogen) atoms. The smallest absolute Gasteiger partial charge is 0.320 e. The Morgan fingerprint density at radius 2 is 2.07 bits per heavy atom. The Bertz CT molecular complexity index is 159. The lowest BCUT2D eigenvalue weighted by Crippen LogP contribution is -2.36. The molecule has 0 aliphatic heterocycles. The van der Waals surface area contributed by atoms with E-state index in [0.717, 1.165) is 13.0 Å². The van der Waals surface area contributed by atoms with Crippen molar-refractivity contribution >= 4 is 5.97 Å². The van der Waals surface area contributed by atoms with Crippen LogP contribution in [0.3, 0.4) is 0 Å². The third-order valence-corrected chi connectivity index (χ3v) is 2.63. The zero-order valence-electron chi connectivity index (χ0n) is 9.55. The number of carboxylic acid groups (broad SMARTS) is 1. The maximum Gasteiger partial charge on any atom is 0.320 e. The molecular weight excluding hydrogens is 178 g/mol. The quantitative estimate of drug-likeness (QED) is 0.633. The van der Waals surface area contributed by atoms with Crippen molar-refractivity contribution in [1.29, 1.82) is 0 Å². The average Bonchev–Trinajstić information content (AvgIpc) is 2.17. The van der Waals surface area contributed by atoms with Crippen molar-refractivity contribution in [1.82, 2.24) is 5.32 Å². The van der Waals surface area contributed by atoms with Gasteiger partial charge in [-0.15, -0.1) is 0 Å². The zero-order valence-corrected chi connectivity index (χ0v) is 9.55. The van der Waals surface area contributed by atoms with Crippen molar-refractivity contribution in [3.05, 3.63) is 0 Å². The van der Waals surface area contributed by atoms with Crippen LogP contribution in [0, 0.1) is 5.92 Å². The SMILES string of the molecule is CCCCC(CC)CNC(C)C(=O)O. The first-order chi connectivity index (χ1) is 6.61. The second-order valence-corrected chi connectivity index (χ2v) is 3.88. The van der Waals surface area contributed by atoms with Gasteiger partial charge in [-0.3, -0.25) is 4.79 Å². The van der Waals surface area contributed by atoms with Crippen molar-refractivity contribution in [2.75, 3.05) is 6.54 Å². The number of aliphatic carboxylic acids is 1. The fourth-order valence-electron chi connectivity index (χ4n) is 1.37. The minimum atomic E-state index is -0.768. The standard InChI is InChI=1S/C11H23NO2/c1-4-6-7-10(5-2)8-12-9(3)11(13)14/h9-10,12H,4-8H2,1-3H3,(H,13,14). The number of rotatable bonds is 8. The molecule has 0 radical (unpaired) electrons. The Balaban J connectivity index is 3.66. The van der Waals surface area contributed by atoms with Crippen LogP contribution in [0.25, 0.3) is 0 Å². The normalized spacial score (nSPS) is 15.1. The van der Waals surface area contributed by atoms with Gasteiger partial charge in [-0.25, -0.2) is 0 Å². The van der Waals surface area contributed by atoms with Crippen LogP contribution in [0.5, 0.6) is 0 Å². The summed E-state index contributed by atoms with van der Waals surface area (Å²) in [5.41, 5.74) is 0. The highest BCUT2D eigenvalue weighted by molar-refractivity contribution is 5.72. The number of carboxylic acids is 1. The van der Waals surface area contributed by atoms with Gasteiger partial charge in [0.1, 0.15) is 6.04 Å².